The summed E-state index contributed by atoms with van der Waals surface area (Å²) in [5.41, 5.74) is 0.591. The molecule has 5 heteroatoms. The number of carbonyl (C=O) groups is 1. The molecule has 0 radical (unpaired) electrons. The van der Waals surface area contributed by atoms with E-state index in [0.717, 1.165) is 9.75 Å². The van der Waals surface area contributed by atoms with Gasteiger partial charge in [-0.15, -0.1) is 11.3 Å². The molecule has 1 aromatic rings. The summed E-state index contributed by atoms with van der Waals surface area (Å²) in [6.45, 7) is 3.68. The molecule has 0 atom stereocenters. The highest BCUT2D eigenvalue weighted by atomic mass is 32.1. The minimum Gasteiger partial charge on any atom is -0.312 e. The Morgan fingerprint density at radius 3 is 2.31 bits per heavy atom. The van der Waals surface area contributed by atoms with Crippen LogP contribution in [0.5, 0.6) is 0 Å². The molecule has 16 heavy (non-hydrogen) atoms. The van der Waals surface area contributed by atoms with Crippen molar-refractivity contribution in [3.8, 4) is 12.1 Å². The smallest absolute Gasteiger partial charge is 0.256 e. The molecule has 0 aliphatic rings. The summed E-state index contributed by atoms with van der Waals surface area (Å²) in [5.74, 6) is -0.245. The number of nitriles is 2. The van der Waals surface area contributed by atoms with Gasteiger partial charge in [0.25, 0.3) is 5.91 Å². The molecule has 1 aromatic heterocycles. The Kier molecular flexibility index (Phi) is 4.04. The highest BCUT2D eigenvalue weighted by molar-refractivity contribution is 7.12. The van der Waals surface area contributed by atoms with Gasteiger partial charge in [-0.1, -0.05) is 0 Å². The van der Waals surface area contributed by atoms with Crippen LogP contribution in [-0.4, -0.2) is 23.9 Å². The highest BCUT2D eigenvalue weighted by Crippen LogP contribution is 2.21. The summed E-state index contributed by atoms with van der Waals surface area (Å²) < 4.78 is 0. The predicted octanol–water partition coefficient (Wildman–Crippen LogP) is 1.85. The van der Waals surface area contributed by atoms with E-state index in [0.29, 0.717) is 5.56 Å². The van der Waals surface area contributed by atoms with Crippen molar-refractivity contribution in [3.63, 3.8) is 0 Å². The van der Waals surface area contributed by atoms with Crippen molar-refractivity contribution in [2.75, 3.05) is 13.1 Å². The van der Waals surface area contributed by atoms with Crippen molar-refractivity contribution in [1.29, 1.82) is 10.5 Å². The van der Waals surface area contributed by atoms with E-state index < -0.39 is 0 Å². The number of nitrogens with zero attached hydrogens (tertiary/aromatic N) is 3. The third kappa shape index (κ3) is 2.59. The Balaban J connectivity index is 2.96. The van der Waals surface area contributed by atoms with Gasteiger partial charge in [-0.25, -0.2) is 0 Å². The third-order valence-electron chi connectivity index (χ3n) is 2.08. The molecule has 1 amide bonds. The molecule has 0 N–H and O–H groups in total. The predicted molar refractivity (Wildman–Crippen MR) is 60.9 cm³/mol. The van der Waals surface area contributed by atoms with Crippen LogP contribution in [0.4, 0.5) is 0 Å². The normalized spacial score (nSPS) is 9.25. The third-order valence-corrected chi connectivity index (χ3v) is 3.05. The van der Waals surface area contributed by atoms with Gasteiger partial charge in [0, 0.05) is 9.75 Å². The maximum absolute atomic E-state index is 12.0. The SMILES string of the molecule is Cc1cc(C(=O)N(CC#N)CC#N)c(C)s1. The summed E-state index contributed by atoms with van der Waals surface area (Å²) in [4.78, 5) is 15.2. The van der Waals surface area contributed by atoms with E-state index in [9.17, 15) is 4.79 Å². The Morgan fingerprint density at radius 2 is 1.94 bits per heavy atom. The largest absolute Gasteiger partial charge is 0.312 e. The molecule has 82 valence electrons. The molecular formula is C11H11N3OS. The Hall–Kier alpha value is -1.85. The van der Waals surface area contributed by atoms with Gasteiger partial charge in [-0.2, -0.15) is 10.5 Å². The first-order valence-corrected chi connectivity index (χ1v) is 5.52. The van der Waals surface area contributed by atoms with Crippen molar-refractivity contribution in [3.05, 3.63) is 21.4 Å². The first-order chi connectivity index (χ1) is 7.60. The van der Waals surface area contributed by atoms with E-state index in [2.05, 4.69) is 0 Å². The van der Waals surface area contributed by atoms with Crippen molar-refractivity contribution in [1.82, 2.24) is 4.90 Å². The molecule has 0 unspecified atom stereocenters. The van der Waals surface area contributed by atoms with E-state index in [1.807, 2.05) is 26.0 Å². The van der Waals surface area contributed by atoms with Crippen molar-refractivity contribution >= 4 is 17.2 Å². The first kappa shape index (κ1) is 12.2. The number of amides is 1. The van der Waals surface area contributed by atoms with Gasteiger partial charge in [0.2, 0.25) is 0 Å². The van der Waals surface area contributed by atoms with E-state index in [-0.39, 0.29) is 19.0 Å². The van der Waals surface area contributed by atoms with Gasteiger partial charge >= 0.3 is 0 Å². The molecule has 0 aliphatic heterocycles. The molecule has 1 rings (SSSR count). The minimum atomic E-state index is -0.245. The molecular weight excluding hydrogens is 222 g/mol. The Labute approximate surface area is 98.3 Å². The fourth-order valence-electron chi connectivity index (χ4n) is 1.38. The molecule has 0 aromatic carbocycles. The summed E-state index contributed by atoms with van der Waals surface area (Å²) in [6, 6.07) is 5.57. The van der Waals surface area contributed by atoms with Crippen molar-refractivity contribution in [2.24, 2.45) is 0 Å². The molecule has 0 saturated carbocycles. The van der Waals surface area contributed by atoms with E-state index in [1.165, 1.54) is 16.2 Å². The number of carbonyl (C=O) groups excluding carboxylic acids is 1. The Bertz CT molecular complexity index is 462. The van der Waals surface area contributed by atoms with Gasteiger partial charge < -0.3 is 4.90 Å². The Morgan fingerprint density at radius 1 is 1.38 bits per heavy atom. The zero-order valence-electron chi connectivity index (χ0n) is 9.15. The number of rotatable bonds is 3. The molecule has 0 spiro atoms. The molecule has 1 heterocycles. The number of aryl methyl sites for hydroxylation is 2. The van der Waals surface area contributed by atoms with Crippen LogP contribution in [0.3, 0.4) is 0 Å². The molecule has 0 saturated heterocycles. The van der Waals surface area contributed by atoms with Crippen molar-refractivity contribution < 1.29 is 4.79 Å². The second-order valence-electron chi connectivity index (χ2n) is 3.30. The average Bonchev–Trinajstić information content (AvgIpc) is 2.56. The van der Waals surface area contributed by atoms with E-state index in [1.54, 1.807) is 6.07 Å². The zero-order chi connectivity index (χ0) is 12.1. The highest BCUT2D eigenvalue weighted by Gasteiger charge is 2.18. The number of hydrogen-bond donors (Lipinski definition) is 0. The lowest BCUT2D eigenvalue weighted by atomic mass is 10.2. The van der Waals surface area contributed by atoms with E-state index >= 15 is 0 Å². The van der Waals surface area contributed by atoms with Gasteiger partial charge in [0.15, 0.2) is 0 Å². The van der Waals surface area contributed by atoms with Crippen LogP contribution in [0.25, 0.3) is 0 Å². The van der Waals surface area contributed by atoms with Crippen LogP contribution >= 0.6 is 11.3 Å². The summed E-state index contributed by atoms with van der Waals surface area (Å²) in [5, 5.41) is 17.2. The molecule has 0 fully saturated rings. The van der Waals surface area contributed by atoms with Crippen LogP contribution in [0.1, 0.15) is 20.1 Å². The number of hydrogen-bond acceptors (Lipinski definition) is 4. The molecule has 4 nitrogen and oxygen atoms in total. The van der Waals surface area contributed by atoms with Crippen LogP contribution < -0.4 is 0 Å². The van der Waals surface area contributed by atoms with Crippen LogP contribution in [0.2, 0.25) is 0 Å². The second-order valence-corrected chi connectivity index (χ2v) is 4.76. The van der Waals surface area contributed by atoms with Crippen LogP contribution in [-0.2, 0) is 0 Å². The minimum absolute atomic E-state index is 0.0548. The monoisotopic (exact) mass is 233 g/mol. The summed E-state index contributed by atoms with van der Waals surface area (Å²) in [7, 11) is 0. The maximum atomic E-state index is 12.0. The fourth-order valence-corrected chi connectivity index (χ4v) is 2.30. The summed E-state index contributed by atoms with van der Waals surface area (Å²) >= 11 is 1.54. The maximum Gasteiger partial charge on any atom is 0.256 e. The average molecular weight is 233 g/mol. The van der Waals surface area contributed by atoms with Crippen LogP contribution in [0, 0.1) is 36.5 Å². The topological polar surface area (TPSA) is 67.9 Å². The quantitative estimate of drug-likeness (QED) is 0.748. The first-order valence-electron chi connectivity index (χ1n) is 4.70. The van der Waals surface area contributed by atoms with Gasteiger partial charge in [0.1, 0.15) is 13.1 Å². The lowest BCUT2D eigenvalue weighted by Crippen LogP contribution is -2.31. The lowest BCUT2D eigenvalue weighted by molar-refractivity contribution is 0.0794. The van der Waals surface area contributed by atoms with Crippen LogP contribution in [0.15, 0.2) is 6.07 Å². The fraction of sp³-hybridized carbons (Fsp3) is 0.364. The molecule has 0 aliphatic carbocycles. The second kappa shape index (κ2) is 5.29. The molecule has 0 bridgehead atoms. The van der Waals surface area contributed by atoms with Gasteiger partial charge in [-0.3, -0.25) is 4.79 Å². The number of thiophene rings is 1. The zero-order valence-corrected chi connectivity index (χ0v) is 9.97. The van der Waals surface area contributed by atoms with Gasteiger partial charge in [-0.05, 0) is 19.9 Å². The van der Waals surface area contributed by atoms with E-state index in [4.69, 9.17) is 10.5 Å². The van der Waals surface area contributed by atoms with Crippen molar-refractivity contribution in [2.45, 2.75) is 13.8 Å². The summed E-state index contributed by atoms with van der Waals surface area (Å²) in [6.07, 6.45) is 0. The lowest BCUT2D eigenvalue weighted by Gasteiger charge is -2.15. The standard InChI is InChI=1S/C11H11N3OS/c1-8-7-10(9(2)16-8)11(15)14(5-3-12)6-4-13/h7H,5-6H2,1-2H3. The van der Waals surface area contributed by atoms with Gasteiger partial charge in [0.05, 0.1) is 17.7 Å².